The van der Waals surface area contributed by atoms with Gasteiger partial charge in [0.2, 0.25) is 0 Å². The molecule has 1 fully saturated rings. The van der Waals surface area contributed by atoms with Crippen molar-refractivity contribution in [1.29, 1.82) is 0 Å². The third-order valence-corrected chi connectivity index (χ3v) is 8.23. The van der Waals surface area contributed by atoms with Crippen molar-refractivity contribution >= 4 is 40.0 Å². The van der Waals surface area contributed by atoms with Gasteiger partial charge in [-0.15, -0.1) is 0 Å². The fourth-order valence-corrected chi connectivity index (χ4v) is 5.35. The van der Waals surface area contributed by atoms with Crippen molar-refractivity contribution < 1.29 is 23.5 Å². The fourth-order valence-electron chi connectivity index (χ4n) is 5.35. The summed E-state index contributed by atoms with van der Waals surface area (Å²) in [6.45, 7) is 14.0. The van der Waals surface area contributed by atoms with E-state index in [-0.39, 0.29) is 17.1 Å². The van der Waals surface area contributed by atoms with Gasteiger partial charge in [0.25, 0.3) is 0 Å². The van der Waals surface area contributed by atoms with E-state index in [1.54, 1.807) is 18.2 Å². The normalized spacial score (nSPS) is 15.5. The van der Waals surface area contributed by atoms with Gasteiger partial charge in [-0.3, -0.25) is 9.59 Å². The maximum absolute atomic E-state index is 13.0. The first kappa shape index (κ1) is 35.1. The highest BCUT2D eigenvalue weighted by Crippen LogP contribution is 2.30. The number of nitrogens with zero attached hydrogens (tertiary/aromatic N) is 2. The van der Waals surface area contributed by atoms with Crippen molar-refractivity contribution in [1.82, 2.24) is 0 Å². The number of aliphatic imine (C=N–C) groups is 1. The largest absolute Gasteiger partial charge is 0.465 e. The zero-order valence-corrected chi connectivity index (χ0v) is 28.4. The number of benzene rings is 2. The smallest absolute Gasteiger partial charge is 0.337 e. The van der Waals surface area contributed by atoms with E-state index >= 15 is 0 Å². The van der Waals surface area contributed by atoms with E-state index in [0.29, 0.717) is 72.2 Å². The van der Waals surface area contributed by atoms with Crippen LogP contribution in [0.4, 0.5) is 11.6 Å². The van der Waals surface area contributed by atoms with Crippen LogP contribution in [-0.2, 0) is 14.3 Å². The van der Waals surface area contributed by atoms with Crippen LogP contribution in [0, 0.1) is 5.92 Å². The molecule has 0 radical (unpaired) electrons. The number of carbonyl (C=O) groups is 2. The van der Waals surface area contributed by atoms with Gasteiger partial charge in [0.1, 0.15) is 11.4 Å². The Morgan fingerprint density at radius 3 is 2.47 bits per heavy atom. The molecule has 1 aliphatic heterocycles. The zero-order valence-electron chi connectivity index (χ0n) is 28.4. The van der Waals surface area contributed by atoms with Crippen LogP contribution in [0.2, 0.25) is 0 Å². The molecule has 1 aliphatic rings. The first-order valence-electron chi connectivity index (χ1n) is 16.1. The lowest BCUT2D eigenvalue weighted by atomic mass is 9.96. The lowest BCUT2D eigenvalue weighted by molar-refractivity contribution is -0.118. The molecular formula is C38H45N3O6. The molecule has 9 heteroatoms. The summed E-state index contributed by atoms with van der Waals surface area (Å²) in [4.78, 5) is 45.3. The molecule has 3 aromatic rings. The molecule has 1 saturated heterocycles. The van der Waals surface area contributed by atoms with Crippen LogP contribution in [-0.4, -0.2) is 50.9 Å². The molecule has 248 valence electrons. The van der Waals surface area contributed by atoms with E-state index in [1.807, 2.05) is 82.9 Å². The Hall–Kier alpha value is -4.76. The van der Waals surface area contributed by atoms with Gasteiger partial charge in [0.05, 0.1) is 31.3 Å². The second kappa shape index (κ2) is 16.2. The van der Waals surface area contributed by atoms with E-state index in [0.717, 1.165) is 28.8 Å². The summed E-state index contributed by atoms with van der Waals surface area (Å²) in [7, 11) is 1.34. The van der Waals surface area contributed by atoms with Crippen molar-refractivity contribution in [3.63, 3.8) is 0 Å². The zero-order chi connectivity index (χ0) is 34.1. The number of ether oxygens (including phenoxy) is 2. The average Bonchev–Trinajstić information content (AvgIpc) is 3.09. The Kier molecular flexibility index (Phi) is 12.1. The molecule has 0 bridgehead atoms. The van der Waals surface area contributed by atoms with E-state index < -0.39 is 5.97 Å². The van der Waals surface area contributed by atoms with Gasteiger partial charge in [-0.1, -0.05) is 32.9 Å². The van der Waals surface area contributed by atoms with Crippen molar-refractivity contribution in [2.45, 2.75) is 54.4 Å². The third kappa shape index (κ3) is 8.74. The minimum absolute atomic E-state index is 0.0412. The molecule has 1 unspecified atom stereocenters. The number of Topliss-reactive ketones (excluding diaryl/α,β-unsaturated/α-hetero) is 1. The second-order valence-electron chi connectivity index (χ2n) is 11.6. The number of methoxy groups -OCH3 is 1. The maximum Gasteiger partial charge on any atom is 0.337 e. The molecule has 0 amide bonds. The molecule has 2 aromatic carbocycles. The first-order chi connectivity index (χ1) is 22.6. The first-order valence-corrected chi connectivity index (χ1v) is 16.1. The number of morpholine rings is 1. The number of anilines is 2. The maximum atomic E-state index is 13.0. The third-order valence-electron chi connectivity index (χ3n) is 8.23. The highest BCUT2D eigenvalue weighted by molar-refractivity contribution is 6.04. The monoisotopic (exact) mass is 639 g/mol. The molecule has 2 heterocycles. The number of carbonyl (C=O) groups excluding carboxylic acids is 2. The van der Waals surface area contributed by atoms with Crippen LogP contribution in [0.25, 0.3) is 22.1 Å². The quantitative estimate of drug-likeness (QED) is 0.0929. The molecule has 9 nitrogen and oxygen atoms in total. The second-order valence-corrected chi connectivity index (χ2v) is 11.6. The number of hydrogen-bond donors (Lipinski definition) is 1. The van der Waals surface area contributed by atoms with Crippen LogP contribution in [0.15, 0.2) is 91.9 Å². The summed E-state index contributed by atoms with van der Waals surface area (Å²) >= 11 is 0. The number of hydrogen-bond acceptors (Lipinski definition) is 9. The van der Waals surface area contributed by atoms with Crippen molar-refractivity contribution in [3.8, 4) is 11.1 Å². The van der Waals surface area contributed by atoms with Crippen molar-refractivity contribution in [2.75, 3.05) is 43.6 Å². The number of ketones is 1. The van der Waals surface area contributed by atoms with Gasteiger partial charge >= 0.3 is 5.97 Å². The molecule has 1 atom stereocenters. The van der Waals surface area contributed by atoms with E-state index in [9.17, 15) is 14.4 Å². The van der Waals surface area contributed by atoms with E-state index in [4.69, 9.17) is 18.9 Å². The van der Waals surface area contributed by atoms with Gasteiger partial charge in [-0.25, -0.2) is 9.79 Å². The number of allylic oxidation sites excluding steroid dienone is 5. The van der Waals surface area contributed by atoms with Crippen LogP contribution in [0.1, 0.15) is 64.7 Å². The van der Waals surface area contributed by atoms with E-state index in [2.05, 4.69) is 5.32 Å². The highest BCUT2D eigenvalue weighted by atomic mass is 16.5. The Bertz CT molecular complexity index is 1810. The topological polar surface area (TPSA) is 110 Å². The Morgan fingerprint density at radius 2 is 1.81 bits per heavy atom. The number of fused-ring (bicyclic) bond motifs is 1. The highest BCUT2D eigenvalue weighted by Gasteiger charge is 2.17. The molecule has 1 N–H and O–H groups in total. The predicted molar refractivity (Wildman–Crippen MR) is 189 cm³/mol. The summed E-state index contributed by atoms with van der Waals surface area (Å²) in [6.07, 6.45) is 7.28. The molecule has 0 spiro atoms. The van der Waals surface area contributed by atoms with Crippen LogP contribution < -0.4 is 15.6 Å². The Labute approximate surface area is 276 Å². The predicted octanol–water partition coefficient (Wildman–Crippen LogP) is 7.72. The fraction of sp³-hybridized carbons (Fsp3) is 0.368. The lowest BCUT2D eigenvalue weighted by Gasteiger charge is -2.27. The van der Waals surface area contributed by atoms with Gasteiger partial charge in [0.15, 0.2) is 17.1 Å². The Morgan fingerprint density at radius 1 is 1.06 bits per heavy atom. The number of nitrogens with one attached hydrogen (secondary N) is 1. The van der Waals surface area contributed by atoms with Gasteiger partial charge in [0, 0.05) is 36.5 Å². The van der Waals surface area contributed by atoms with Gasteiger partial charge in [-0.2, -0.15) is 0 Å². The molecule has 0 saturated carbocycles. The minimum atomic E-state index is -0.486. The summed E-state index contributed by atoms with van der Waals surface area (Å²) < 4.78 is 16.7. The summed E-state index contributed by atoms with van der Waals surface area (Å²) in [5, 5.41) is 3.85. The average molecular weight is 640 g/mol. The molecule has 47 heavy (non-hydrogen) atoms. The van der Waals surface area contributed by atoms with Crippen LogP contribution in [0.5, 0.6) is 0 Å². The Balaban J connectivity index is 1.72. The minimum Gasteiger partial charge on any atom is -0.465 e. The van der Waals surface area contributed by atoms with Gasteiger partial charge in [-0.05, 0) is 98.4 Å². The lowest BCUT2D eigenvalue weighted by Crippen LogP contribution is -2.36. The summed E-state index contributed by atoms with van der Waals surface area (Å²) in [6, 6.07) is 12.3. The van der Waals surface area contributed by atoms with Crippen molar-refractivity contribution in [3.05, 3.63) is 93.4 Å². The molecule has 0 aliphatic carbocycles. The SMILES string of the molecule is C/C=C(/C=C(\C)C(=O)C(C)CC)C(\C)=N/C(=C/CC)Nc1cc(C(=O)OC)cc(-c2ccc3c(=O)cc(N4CCOCC4)oc3c2)c1. The van der Waals surface area contributed by atoms with E-state index in [1.165, 1.54) is 13.2 Å². The van der Waals surface area contributed by atoms with Crippen LogP contribution in [0.3, 0.4) is 0 Å². The van der Waals surface area contributed by atoms with Crippen LogP contribution >= 0.6 is 0 Å². The van der Waals surface area contributed by atoms with Crippen molar-refractivity contribution in [2.24, 2.45) is 10.9 Å². The summed E-state index contributed by atoms with van der Waals surface area (Å²) in [5.41, 5.74) is 5.07. The molecular weight excluding hydrogens is 594 g/mol. The standard InChI is InChI=1S/C38H45N3O6/c1-8-11-35(39-26(6)27(10-3)18-25(5)37(43)24(4)9-2)40-31-20-29(19-30(21-31)38(44)45-7)28-12-13-32-33(42)23-36(47-34(32)22-28)41-14-16-46-17-15-41/h10-13,18-24,40H,8-9,14-17H2,1-7H3/b25-18+,27-10-,35-11-,39-26-. The number of rotatable bonds is 12. The summed E-state index contributed by atoms with van der Waals surface area (Å²) in [5.74, 6) is 0.697. The molecule has 1 aromatic heterocycles. The molecule has 4 rings (SSSR count). The number of esters is 1. The van der Waals surface area contributed by atoms with Gasteiger partial charge < -0.3 is 24.1 Å².